The van der Waals surface area contributed by atoms with E-state index in [1.807, 2.05) is 0 Å². The lowest BCUT2D eigenvalue weighted by Gasteiger charge is -2.15. The van der Waals surface area contributed by atoms with E-state index in [1.54, 1.807) is 0 Å². The van der Waals surface area contributed by atoms with Crippen LogP contribution in [0.4, 0.5) is 0 Å². The summed E-state index contributed by atoms with van der Waals surface area (Å²) in [7, 11) is 0. The zero-order valence-corrected chi connectivity index (χ0v) is 11.5. The van der Waals surface area contributed by atoms with Crippen LogP contribution in [0.2, 0.25) is 0 Å². The maximum atomic E-state index is 5.79. The predicted octanol–water partition coefficient (Wildman–Crippen LogP) is 2.31. The van der Waals surface area contributed by atoms with Gasteiger partial charge in [0.15, 0.2) is 0 Å². The van der Waals surface area contributed by atoms with Crippen LogP contribution >= 0.6 is 0 Å². The van der Waals surface area contributed by atoms with Crippen LogP contribution in [-0.4, -0.2) is 19.0 Å². The Hall–Kier alpha value is -2.16. The Morgan fingerprint density at radius 3 is 2.43 bits per heavy atom. The standard InChI is InChI=1S/C19H14O2/c1-2-4-15-13(3-1)5-7-17-16(15)8-6-14-11-19(12-18(14)17)20-9-10-21-19/h1-8,11-12H,9-10H2. The van der Waals surface area contributed by atoms with Gasteiger partial charge in [-0.15, -0.1) is 0 Å². The molecule has 1 spiro atoms. The number of benzene rings is 3. The van der Waals surface area contributed by atoms with E-state index in [0.29, 0.717) is 13.2 Å². The number of hydrogen-bond acceptors (Lipinski definition) is 2. The van der Waals surface area contributed by atoms with Gasteiger partial charge in [0, 0.05) is 0 Å². The molecule has 1 saturated heterocycles. The van der Waals surface area contributed by atoms with Crippen molar-refractivity contribution >= 4 is 33.7 Å². The van der Waals surface area contributed by atoms with E-state index in [1.165, 1.54) is 32.0 Å². The molecule has 102 valence electrons. The van der Waals surface area contributed by atoms with Crippen LogP contribution in [0.1, 0.15) is 0 Å². The maximum Gasteiger partial charge on any atom is 0.209 e. The van der Waals surface area contributed by atoms with Gasteiger partial charge in [0.2, 0.25) is 5.79 Å². The molecule has 1 aliphatic carbocycles. The Morgan fingerprint density at radius 2 is 1.52 bits per heavy atom. The molecule has 0 amide bonds. The molecule has 5 rings (SSSR count). The average Bonchev–Trinajstić information content (AvgIpc) is 3.13. The zero-order chi connectivity index (χ0) is 13.9. The smallest absolute Gasteiger partial charge is 0.209 e. The lowest BCUT2D eigenvalue weighted by atomic mass is 10.0. The van der Waals surface area contributed by atoms with Gasteiger partial charge in [-0.25, -0.2) is 0 Å². The Kier molecular flexibility index (Phi) is 2.16. The summed E-state index contributed by atoms with van der Waals surface area (Å²) in [6.07, 6.45) is 4.20. The van der Waals surface area contributed by atoms with E-state index in [9.17, 15) is 0 Å². The fourth-order valence-corrected chi connectivity index (χ4v) is 3.49. The van der Waals surface area contributed by atoms with Crippen LogP contribution < -0.4 is 10.4 Å². The molecule has 1 fully saturated rings. The van der Waals surface area contributed by atoms with Gasteiger partial charge in [0.05, 0.1) is 13.2 Å². The van der Waals surface area contributed by atoms with E-state index in [4.69, 9.17) is 9.47 Å². The topological polar surface area (TPSA) is 18.5 Å². The zero-order valence-electron chi connectivity index (χ0n) is 11.5. The minimum Gasteiger partial charge on any atom is -0.341 e. The summed E-state index contributed by atoms with van der Waals surface area (Å²) in [5.41, 5.74) is 0. The molecule has 0 radical (unpaired) electrons. The van der Waals surface area contributed by atoms with Crippen molar-refractivity contribution in [3.05, 3.63) is 59.0 Å². The summed E-state index contributed by atoms with van der Waals surface area (Å²) in [5.74, 6) is -0.637. The molecule has 3 aromatic carbocycles. The van der Waals surface area contributed by atoms with E-state index in [0.717, 1.165) is 0 Å². The quantitative estimate of drug-likeness (QED) is 0.586. The van der Waals surface area contributed by atoms with Gasteiger partial charge >= 0.3 is 0 Å². The second-order valence-corrected chi connectivity index (χ2v) is 5.66. The van der Waals surface area contributed by atoms with E-state index in [-0.39, 0.29) is 0 Å². The van der Waals surface area contributed by atoms with Crippen molar-refractivity contribution in [2.75, 3.05) is 13.2 Å². The van der Waals surface area contributed by atoms with Crippen LogP contribution in [0.25, 0.3) is 33.7 Å². The number of fused-ring (bicyclic) bond motifs is 5. The first kappa shape index (κ1) is 11.5. The molecule has 0 aromatic heterocycles. The second-order valence-electron chi connectivity index (χ2n) is 5.66. The largest absolute Gasteiger partial charge is 0.341 e. The third-order valence-electron chi connectivity index (χ3n) is 4.44. The molecule has 21 heavy (non-hydrogen) atoms. The fraction of sp³-hybridized carbons (Fsp3) is 0.158. The highest BCUT2D eigenvalue weighted by molar-refractivity contribution is 6.07. The number of hydrogen-bond donors (Lipinski definition) is 0. The molecular weight excluding hydrogens is 260 g/mol. The Labute approximate surface area is 121 Å². The minimum atomic E-state index is -0.637. The molecule has 2 nitrogen and oxygen atoms in total. The lowest BCUT2D eigenvalue weighted by Crippen LogP contribution is -2.21. The molecular formula is C19H14O2. The van der Waals surface area contributed by atoms with Crippen molar-refractivity contribution in [3.8, 4) is 0 Å². The van der Waals surface area contributed by atoms with Crippen LogP contribution in [0.3, 0.4) is 0 Å². The molecule has 0 atom stereocenters. The molecule has 0 unspecified atom stereocenters. The van der Waals surface area contributed by atoms with Gasteiger partial charge in [-0.2, -0.15) is 0 Å². The highest BCUT2D eigenvalue weighted by Gasteiger charge is 2.34. The Morgan fingerprint density at radius 1 is 0.714 bits per heavy atom. The van der Waals surface area contributed by atoms with Gasteiger partial charge in [0.25, 0.3) is 0 Å². The molecule has 1 heterocycles. The molecule has 2 heteroatoms. The lowest BCUT2D eigenvalue weighted by molar-refractivity contribution is -0.0454. The third-order valence-corrected chi connectivity index (χ3v) is 4.44. The molecule has 0 saturated carbocycles. The molecule has 2 aliphatic rings. The van der Waals surface area contributed by atoms with E-state index in [2.05, 4.69) is 60.7 Å². The molecule has 0 bridgehead atoms. The fourth-order valence-electron chi connectivity index (χ4n) is 3.49. The maximum absolute atomic E-state index is 5.79. The summed E-state index contributed by atoms with van der Waals surface area (Å²) in [4.78, 5) is 0. The molecule has 1 aliphatic heterocycles. The van der Waals surface area contributed by atoms with Crippen LogP contribution in [0.5, 0.6) is 0 Å². The summed E-state index contributed by atoms with van der Waals surface area (Å²) in [5, 5.41) is 7.53. The number of rotatable bonds is 0. The third kappa shape index (κ3) is 1.54. The van der Waals surface area contributed by atoms with Crippen molar-refractivity contribution in [3.63, 3.8) is 0 Å². The molecule has 3 aromatic rings. The van der Waals surface area contributed by atoms with Crippen LogP contribution in [0.15, 0.2) is 48.5 Å². The van der Waals surface area contributed by atoms with Gasteiger partial charge < -0.3 is 9.47 Å². The normalized spacial score (nSPS) is 18.9. The minimum absolute atomic E-state index is 0.637. The van der Waals surface area contributed by atoms with Crippen LogP contribution in [0, 0.1) is 0 Å². The van der Waals surface area contributed by atoms with E-state index >= 15 is 0 Å². The summed E-state index contributed by atoms with van der Waals surface area (Å²) in [6.45, 7) is 1.31. The first-order valence-electron chi connectivity index (χ1n) is 7.29. The van der Waals surface area contributed by atoms with Crippen molar-refractivity contribution in [2.45, 2.75) is 5.79 Å². The van der Waals surface area contributed by atoms with Gasteiger partial charge in [-0.05, 0) is 44.1 Å². The first-order chi connectivity index (χ1) is 10.3. The van der Waals surface area contributed by atoms with Crippen molar-refractivity contribution in [1.29, 1.82) is 0 Å². The summed E-state index contributed by atoms with van der Waals surface area (Å²) < 4.78 is 11.6. The Balaban J connectivity index is 1.92. The Bertz CT molecular complexity index is 995. The van der Waals surface area contributed by atoms with Crippen LogP contribution in [-0.2, 0) is 9.47 Å². The van der Waals surface area contributed by atoms with Gasteiger partial charge in [-0.3, -0.25) is 0 Å². The van der Waals surface area contributed by atoms with Crippen molar-refractivity contribution in [2.24, 2.45) is 0 Å². The number of ether oxygens (including phenoxy) is 2. The molecule has 0 N–H and O–H groups in total. The highest BCUT2D eigenvalue weighted by atomic mass is 16.7. The van der Waals surface area contributed by atoms with Gasteiger partial charge in [0.1, 0.15) is 0 Å². The van der Waals surface area contributed by atoms with Crippen molar-refractivity contribution < 1.29 is 9.47 Å². The van der Waals surface area contributed by atoms with E-state index < -0.39 is 5.79 Å². The van der Waals surface area contributed by atoms with Gasteiger partial charge in [-0.1, -0.05) is 48.5 Å². The average molecular weight is 274 g/mol. The second kappa shape index (κ2) is 3.94. The summed E-state index contributed by atoms with van der Waals surface area (Å²) >= 11 is 0. The van der Waals surface area contributed by atoms with Crippen molar-refractivity contribution in [1.82, 2.24) is 0 Å². The SMILES string of the molecule is C1=c2ccc3c(ccc4ccccc43)c2=CC12OCCO2. The summed E-state index contributed by atoms with van der Waals surface area (Å²) in [6, 6.07) is 17.3. The highest BCUT2D eigenvalue weighted by Crippen LogP contribution is 2.27. The monoisotopic (exact) mass is 274 g/mol. The predicted molar refractivity (Wildman–Crippen MR) is 84.3 cm³/mol. The first-order valence-corrected chi connectivity index (χ1v) is 7.29.